The van der Waals surface area contributed by atoms with Crippen LogP contribution in [-0.4, -0.2) is 31.2 Å². The number of hydrogen-bond donors (Lipinski definition) is 1. The highest BCUT2D eigenvalue weighted by molar-refractivity contribution is 5.92. The van der Waals surface area contributed by atoms with Gasteiger partial charge in [-0.3, -0.25) is 0 Å². The van der Waals surface area contributed by atoms with Gasteiger partial charge in [-0.05, 0) is 50.2 Å². The summed E-state index contributed by atoms with van der Waals surface area (Å²) < 4.78 is 0. The monoisotopic (exact) mass is 269 g/mol. The van der Waals surface area contributed by atoms with Gasteiger partial charge in [-0.15, -0.1) is 0 Å². The third-order valence-corrected chi connectivity index (χ3v) is 4.27. The maximum atomic E-state index is 4.65. The minimum absolute atomic E-state index is 0.789. The lowest BCUT2D eigenvalue weighted by Gasteiger charge is -2.30. The molecule has 1 fully saturated rings. The van der Waals surface area contributed by atoms with Crippen LogP contribution in [0.2, 0.25) is 0 Å². The Labute approximate surface area is 121 Å². The Morgan fingerprint density at radius 2 is 2.00 bits per heavy atom. The van der Waals surface area contributed by atoms with E-state index in [0.29, 0.717) is 0 Å². The lowest BCUT2D eigenvalue weighted by molar-refractivity contribution is 0.374. The zero-order valence-electron chi connectivity index (χ0n) is 12.2. The molecular formula is C17H23N3. The number of aromatic nitrogens is 1. The number of rotatable bonds is 4. The summed E-state index contributed by atoms with van der Waals surface area (Å²) in [6.45, 7) is 6.69. The summed E-state index contributed by atoms with van der Waals surface area (Å²) in [6, 6.07) is 10.6. The molecule has 1 aromatic heterocycles. The maximum Gasteiger partial charge on any atom is 0.136 e. The molecule has 0 aliphatic carbocycles. The van der Waals surface area contributed by atoms with E-state index in [4.69, 9.17) is 0 Å². The molecule has 0 amide bonds. The number of nitrogens with zero attached hydrogens (tertiary/aromatic N) is 2. The highest BCUT2D eigenvalue weighted by Gasteiger charge is 2.18. The summed E-state index contributed by atoms with van der Waals surface area (Å²) >= 11 is 0. The van der Waals surface area contributed by atoms with Gasteiger partial charge in [0.1, 0.15) is 5.82 Å². The summed E-state index contributed by atoms with van der Waals surface area (Å²) in [5.41, 5.74) is 0. The number of pyridine rings is 1. The van der Waals surface area contributed by atoms with E-state index in [0.717, 1.165) is 37.9 Å². The van der Waals surface area contributed by atoms with E-state index in [2.05, 4.69) is 52.5 Å². The average molecular weight is 269 g/mol. The third kappa shape index (κ3) is 2.78. The van der Waals surface area contributed by atoms with E-state index in [9.17, 15) is 0 Å². The molecule has 0 bridgehead atoms. The molecule has 2 heterocycles. The van der Waals surface area contributed by atoms with Crippen molar-refractivity contribution in [2.45, 2.75) is 19.8 Å². The fourth-order valence-corrected chi connectivity index (χ4v) is 3.10. The van der Waals surface area contributed by atoms with E-state index < -0.39 is 0 Å². The van der Waals surface area contributed by atoms with Gasteiger partial charge in [0.25, 0.3) is 0 Å². The Kier molecular flexibility index (Phi) is 4.16. The molecule has 3 rings (SSSR count). The van der Waals surface area contributed by atoms with Crippen molar-refractivity contribution in [1.82, 2.24) is 10.3 Å². The third-order valence-electron chi connectivity index (χ3n) is 4.27. The number of hydrogen-bond acceptors (Lipinski definition) is 3. The van der Waals surface area contributed by atoms with Crippen LogP contribution in [0.3, 0.4) is 0 Å². The van der Waals surface area contributed by atoms with Gasteiger partial charge < -0.3 is 10.2 Å². The number of fused-ring (bicyclic) bond motifs is 1. The standard InChI is InChI=1S/C17H23N3/c1-2-20(13-14-7-10-18-11-8-14)17-16-6-4-3-5-15(16)9-12-19-17/h3-6,9,12,14,18H,2,7-8,10-11,13H2,1H3. The molecule has 0 atom stereocenters. The van der Waals surface area contributed by atoms with E-state index in [1.165, 1.54) is 23.6 Å². The normalized spacial score (nSPS) is 16.4. The van der Waals surface area contributed by atoms with E-state index in [1.54, 1.807) is 0 Å². The van der Waals surface area contributed by atoms with E-state index in [1.807, 2.05) is 6.20 Å². The van der Waals surface area contributed by atoms with Gasteiger partial charge in [0.2, 0.25) is 0 Å². The SMILES string of the molecule is CCN(CC1CCNCC1)c1nccc2ccccc12. The molecule has 0 unspecified atom stereocenters. The summed E-state index contributed by atoms with van der Waals surface area (Å²) in [6.07, 6.45) is 4.49. The summed E-state index contributed by atoms with van der Waals surface area (Å²) in [7, 11) is 0. The summed E-state index contributed by atoms with van der Waals surface area (Å²) in [4.78, 5) is 7.10. The van der Waals surface area contributed by atoms with Crippen molar-refractivity contribution in [1.29, 1.82) is 0 Å². The summed E-state index contributed by atoms with van der Waals surface area (Å²) in [5, 5.41) is 5.99. The van der Waals surface area contributed by atoms with Crippen LogP contribution < -0.4 is 10.2 Å². The Balaban J connectivity index is 1.86. The molecule has 1 aromatic carbocycles. The van der Waals surface area contributed by atoms with Gasteiger partial charge in [-0.1, -0.05) is 24.3 Å². The van der Waals surface area contributed by atoms with Crippen LogP contribution in [0, 0.1) is 5.92 Å². The highest BCUT2D eigenvalue weighted by atomic mass is 15.2. The quantitative estimate of drug-likeness (QED) is 0.924. The minimum Gasteiger partial charge on any atom is -0.356 e. The smallest absolute Gasteiger partial charge is 0.136 e. The molecule has 106 valence electrons. The zero-order valence-corrected chi connectivity index (χ0v) is 12.2. The Morgan fingerprint density at radius 3 is 2.80 bits per heavy atom. The number of anilines is 1. The van der Waals surface area contributed by atoms with Crippen LogP contribution in [0.15, 0.2) is 36.5 Å². The molecule has 20 heavy (non-hydrogen) atoms. The topological polar surface area (TPSA) is 28.2 Å². The average Bonchev–Trinajstić information content (AvgIpc) is 2.53. The predicted molar refractivity (Wildman–Crippen MR) is 85.2 cm³/mol. The largest absolute Gasteiger partial charge is 0.356 e. The summed E-state index contributed by atoms with van der Waals surface area (Å²) in [5.74, 6) is 1.93. The Bertz CT molecular complexity index is 556. The fourth-order valence-electron chi connectivity index (χ4n) is 3.10. The second kappa shape index (κ2) is 6.23. The minimum atomic E-state index is 0.789. The van der Waals surface area contributed by atoms with Gasteiger partial charge in [0, 0.05) is 24.7 Å². The first-order valence-electron chi connectivity index (χ1n) is 7.68. The Hall–Kier alpha value is -1.61. The molecule has 1 N–H and O–H groups in total. The van der Waals surface area contributed by atoms with Crippen LogP contribution in [0.25, 0.3) is 10.8 Å². The van der Waals surface area contributed by atoms with Gasteiger partial charge in [-0.25, -0.2) is 4.98 Å². The molecule has 1 aliphatic heterocycles. The van der Waals surface area contributed by atoms with Crippen molar-refractivity contribution < 1.29 is 0 Å². The number of piperidine rings is 1. The van der Waals surface area contributed by atoms with Crippen molar-refractivity contribution in [3.8, 4) is 0 Å². The first kappa shape index (κ1) is 13.4. The second-order valence-corrected chi connectivity index (χ2v) is 5.59. The van der Waals surface area contributed by atoms with Crippen LogP contribution in [0.4, 0.5) is 5.82 Å². The van der Waals surface area contributed by atoms with Crippen molar-refractivity contribution >= 4 is 16.6 Å². The van der Waals surface area contributed by atoms with Crippen LogP contribution >= 0.6 is 0 Å². The molecule has 3 heteroatoms. The van der Waals surface area contributed by atoms with Crippen LogP contribution in [0.5, 0.6) is 0 Å². The van der Waals surface area contributed by atoms with Crippen molar-refractivity contribution in [3.05, 3.63) is 36.5 Å². The predicted octanol–water partition coefficient (Wildman–Crippen LogP) is 3.06. The lowest BCUT2D eigenvalue weighted by Crippen LogP contribution is -2.36. The number of nitrogens with one attached hydrogen (secondary N) is 1. The molecule has 1 saturated heterocycles. The molecule has 0 saturated carbocycles. The van der Waals surface area contributed by atoms with E-state index in [-0.39, 0.29) is 0 Å². The number of benzene rings is 1. The first-order chi connectivity index (χ1) is 9.88. The molecule has 1 aliphatic rings. The van der Waals surface area contributed by atoms with Gasteiger partial charge in [-0.2, -0.15) is 0 Å². The van der Waals surface area contributed by atoms with Crippen molar-refractivity contribution in [2.75, 3.05) is 31.1 Å². The highest BCUT2D eigenvalue weighted by Crippen LogP contribution is 2.25. The maximum absolute atomic E-state index is 4.65. The lowest BCUT2D eigenvalue weighted by atomic mass is 9.97. The van der Waals surface area contributed by atoms with Crippen molar-refractivity contribution in [2.24, 2.45) is 5.92 Å². The Morgan fingerprint density at radius 1 is 1.20 bits per heavy atom. The van der Waals surface area contributed by atoms with Gasteiger partial charge in [0.05, 0.1) is 0 Å². The first-order valence-corrected chi connectivity index (χ1v) is 7.68. The van der Waals surface area contributed by atoms with Gasteiger partial charge in [0.15, 0.2) is 0 Å². The van der Waals surface area contributed by atoms with Crippen LogP contribution in [0.1, 0.15) is 19.8 Å². The van der Waals surface area contributed by atoms with Gasteiger partial charge >= 0.3 is 0 Å². The molecule has 3 nitrogen and oxygen atoms in total. The molecule has 0 spiro atoms. The molecular weight excluding hydrogens is 246 g/mol. The zero-order chi connectivity index (χ0) is 13.8. The van der Waals surface area contributed by atoms with Crippen LogP contribution in [-0.2, 0) is 0 Å². The van der Waals surface area contributed by atoms with Crippen molar-refractivity contribution in [3.63, 3.8) is 0 Å². The van der Waals surface area contributed by atoms with E-state index >= 15 is 0 Å². The second-order valence-electron chi connectivity index (χ2n) is 5.59. The fraction of sp³-hybridized carbons (Fsp3) is 0.471. The molecule has 0 radical (unpaired) electrons. The molecule has 2 aromatic rings.